The summed E-state index contributed by atoms with van der Waals surface area (Å²) in [5.74, 6) is 1.28. The molecule has 0 bridgehead atoms. The van der Waals surface area contributed by atoms with Crippen molar-refractivity contribution in [3.8, 4) is 12.3 Å². The van der Waals surface area contributed by atoms with E-state index in [1.165, 1.54) is 0 Å². The lowest BCUT2D eigenvalue weighted by Gasteiger charge is -2.21. The third kappa shape index (κ3) is 3.09. The summed E-state index contributed by atoms with van der Waals surface area (Å²) in [6.45, 7) is 0.771. The Labute approximate surface area is 106 Å². The number of aliphatic hydroxyl groups excluding tert-OH is 1. The summed E-state index contributed by atoms with van der Waals surface area (Å²) in [6, 6.07) is 9.77. The van der Waals surface area contributed by atoms with Crippen molar-refractivity contribution in [3.05, 3.63) is 35.9 Å². The first-order valence-corrected chi connectivity index (χ1v) is 5.80. The summed E-state index contributed by atoms with van der Waals surface area (Å²) in [5, 5.41) is 8.98. The molecule has 1 aliphatic rings. The van der Waals surface area contributed by atoms with Crippen LogP contribution in [0.15, 0.2) is 30.3 Å². The molecule has 18 heavy (non-hydrogen) atoms. The molecule has 0 radical (unpaired) electrons. The second-order valence-corrected chi connectivity index (χ2v) is 4.11. The van der Waals surface area contributed by atoms with E-state index in [4.69, 9.17) is 25.7 Å². The number of aliphatic hydroxyl groups is 1. The van der Waals surface area contributed by atoms with Crippen LogP contribution >= 0.6 is 0 Å². The van der Waals surface area contributed by atoms with E-state index in [0.717, 1.165) is 5.56 Å². The Morgan fingerprint density at radius 3 is 2.83 bits per heavy atom. The van der Waals surface area contributed by atoms with E-state index in [2.05, 4.69) is 5.92 Å². The molecule has 4 heteroatoms. The molecule has 1 aromatic rings. The van der Waals surface area contributed by atoms with Crippen molar-refractivity contribution < 1.29 is 19.3 Å². The van der Waals surface area contributed by atoms with Gasteiger partial charge in [0, 0.05) is 0 Å². The van der Waals surface area contributed by atoms with Crippen LogP contribution in [0.2, 0.25) is 0 Å². The lowest BCUT2D eigenvalue weighted by molar-refractivity contribution is -0.166. The molecule has 96 valence electrons. The number of benzene rings is 1. The minimum Gasteiger partial charge on any atom is -0.394 e. The van der Waals surface area contributed by atoms with E-state index in [1.807, 2.05) is 30.3 Å². The number of hydrogen-bond acceptors (Lipinski definition) is 4. The molecule has 2 rings (SSSR count). The summed E-state index contributed by atoms with van der Waals surface area (Å²) in [5.41, 5.74) is 1.06. The van der Waals surface area contributed by atoms with Crippen molar-refractivity contribution in [1.29, 1.82) is 0 Å². The molecule has 4 nitrogen and oxygen atoms in total. The highest BCUT2D eigenvalue weighted by molar-refractivity contribution is 5.13. The van der Waals surface area contributed by atoms with E-state index in [0.29, 0.717) is 6.61 Å². The summed E-state index contributed by atoms with van der Waals surface area (Å²) < 4.78 is 16.4. The van der Waals surface area contributed by atoms with E-state index in [9.17, 15) is 0 Å². The van der Waals surface area contributed by atoms with Crippen LogP contribution in [0.5, 0.6) is 0 Å². The second kappa shape index (κ2) is 5.98. The van der Waals surface area contributed by atoms with Crippen molar-refractivity contribution >= 4 is 0 Å². The van der Waals surface area contributed by atoms with Crippen molar-refractivity contribution in [3.63, 3.8) is 0 Å². The highest BCUT2D eigenvalue weighted by atomic mass is 16.8. The third-order valence-electron chi connectivity index (χ3n) is 2.69. The maximum absolute atomic E-state index is 8.98. The summed E-state index contributed by atoms with van der Waals surface area (Å²) in [7, 11) is 0. The molecule has 1 fully saturated rings. The van der Waals surface area contributed by atoms with Crippen LogP contribution in [0, 0.1) is 12.3 Å². The molecule has 2 atom stereocenters. The fourth-order valence-electron chi connectivity index (χ4n) is 1.73. The first-order valence-electron chi connectivity index (χ1n) is 5.80. The molecule has 0 unspecified atom stereocenters. The zero-order valence-corrected chi connectivity index (χ0v) is 10.0. The molecule has 0 amide bonds. The molecular weight excluding hydrogens is 232 g/mol. The zero-order chi connectivity index (χ0) is 12.8. The monoisotopic (exact) mass is 248 g/mol. The van der Waals surface area contributed by atoms with Crippen molar-refractivity contribution in [2.45, 2.75) is 18.5 Å². The lowest BCUT2D eigenvalue weighted by Crippen LogP contribution is -2.35. The molecule has 1 aromatic carbocycles. The number of rotatable bonds is 5. The Morgan fingerprint density at radius 1 is 1.44 bits per heavy atom. The largest absolute Gasteiger partial charge is 0.394 e. The van der Waals surface area contributed by atoms with Gasteiger partial charge in [-0.2, -0.15) is 0 Å². The molecular formula is C14H16O4. The second-order valence-electron chi connectivity index (χ2n) is 4.11. The fourth-order valence-corrected chi connectivity index (χ4v) is 1.73. The predicted octanol–water partition coefficient (Wildman–Crippen LogP) is 0.940. The van der Waals surface area contributed by atoms with Gasteiger partial charge in [0.25, 0.3) is 5.79 Å². The van der Waals surface area contributed by atoms with Gasteiger partial charge >= 0.3 is 0 Å². The van der Waals surface area contributed by atoms with Crippen molar-refractivity contribution in [2.24, 2.45) is 0 Å². The normalized spacial score (nSPS) is 27.0. The minimum atomic E-state index is -1.16. The van der Waals surface area contributed by atoms with E-state index in [-0.39, 0.29) is 25.9 Å². The first-order chi connectivity index (χ1) is 8.78. The van der Waals surface area contributed by atoms with E-state index < -0.39 is 5.79 Å². The summed E-state index contributed by atoms with van der Waals surface area (Å²) in [4.78, 5) is 0. The molecule has 0 saturated carbocycles. The zero-order valence-electron chi connectivity index (χ0n) is 10.0. The van der Waals surface area contributed by atoms with Gasteiger partial charge in [-0.05, 0) is 11.5 Å². The standard InChI is InChI=1S/C14H16O4/c1-2-14(17-10-13(8-15)18-14)11-16-9-12-6-4-3-5-7-12/h1,3-7,13,15H,8-11H2/t13-,14+/m1/s1. The van der Waals surface area contributed by atoms with Gasteiger partial charge in [-0.3, -0.25) is 0 Å². The van der Waals surface area contributed by atoms with E-state index >= 15 is 0 Å². The molecule has 1 saturated heterocycles. The molecule has 0 aliphatic carbocycles. The Hall–Kier alpha value is -1.38. The third-order valence-corrected chi connectivity index (χ3v) is 2.69. The predicted molar refractivity (Wildman–Crippen MR) is 65.6 cm³/mol. The van der Waals surface area contributed by atoms with Crippen LogP contribution in [-0.4, -0.2) is 36.8 Å². The van der Waals surface area contributed by atoms with Crippen molar-refractivity contribution in [1.82, 2.24) is 0 Å². The fraction of sp³-hybridized carbons (Fsp3) is 0.429. The SMILES string of the molecule is C#C[C@]1(COCc2ccccc2)OC[C@@H](CO)O1. The molecule has 0 spiro atoms. The topological polar surface area (TPSA) is 47.9 Å². The van der Waals surface area contributed by atoms with Gasteiger partial charge in [0.2, 0.25) is 0 Å². The number of ether oxygens (including phenoxy) is 3. The van der Waals surface area contributed by atoms with Crippen LogP contribution in [0.3, 0.4) is 0 Å². The van der Waals surface area contributed by atoms with E-state index in [1.54, 1.807) is 0 Å². The van der Waals surface area contributed by atoms with Gasteiger partial charge in [0.05, 0.1) is 19.8 Å². The average molecular weight is 248 g/mol. The smallest absolute Gasteiger partial charge is 0.258 e. The van der Waals surface area contributed by atoms with Gasteiger partial charge in [-0.25, -0.2) is 0 Å². The summed E-state index contributed by atoms with van der Waals surface area (Å²) in [6.07, 6.45) is 5.03. The molecule has 1 aliphatic heterocycles. The number of hydrogen-bond donors (Lipinski definition) is 1. The van der Waals surface area contributed by atoms with Crippen LogP contribution in [0.1, 0.15) is 5.56 Å². The van der Waals surface area contributed by atoms with Crippen LogP contribution in [-0.2, 0) is 20.8 Å². The summed E-state index contributed by atoms with van der Waals surface area (Å²) >= 11 is 0. The van der Waals surface area contributed by atoms with Crippen LogP contribution in [0.4, 0.5) is 0 Å². The Kier molecular flexibility index (Phi) is 4.34. The minimum absolute atomic E-state index is 0.109. The van der Waals surface area contributed by atoms with Gasteiger partial charge < -0.3 is 19.3 Å². The molecule has 0 aromatic heterocycles. The maximum atomic E-state index is 8.98. The van der Waals surface area contributed by atoms with Gasteiger partial charge in [-0.15, -0.1) is 6.42 Å². The lowest BCUT2D eigenvalue weighted by atomic mass is 10.2. The highest BCUT2D eigenvalue weighted by Crippen LogP contribution is 2.23. The van der Waals surface area contributed by atoms with Gasteiger partial charge in [0.1, 0.15) is 12.7 Å². The average Bonchev–Trinajstić information content (AvgIpc) is 2.84. The van der Waals surface area contributed by atoms with Crippen molar-refractivity contribution in [2.75, 3.05) is 19.8 Å². The molecule has 1 N–H and O–H groups in total. The Morgan fingerprint density at radius 2 is 2.22 bits per heavy atom. The molecule has 1 heterocycles. The number of terminal acetylenes is 1. The maximum Gasteiger partial charge on any atom is 0.258 e. The quantitative estimate of drug-likeness (QED) is 0.788. The van der Waals surface area contributed by atoms with Crippen LogP contribution < -0.4 is 0 Å². The Bertz CT molecular complexity index is 412. The van der Waals surface area contributed by atoms with Gasteiger partial charge in [0.15, 0.2) is 0 Å². The van der Waals surface area contributed by atoms with Crippen LogP contribution in [0.25, 0.3) is 0 Å². The highest BCUT2D eigenvalue weighted by Gasteiger charge is 2.40. The van der Waals surface area contributed by atoms with Gasteiger partial charge in [-0.1, -0.05) is 30.3 Å². The Balaban J connectivity index is 1.84. The first kappa shape index (κ1) is 13.1.